The molecule has 2 N–H and O–H groups in total. The van der Waals surface area contributed by atoms with E-state index in [1.165, 1.54) is 6.33 Å². The molecule has 2 aromatic heterocycles. The summed E-state index contributed by atoms with van der Waals surface area (Å²) in [6.07, 6.45) is 6.10. The smallest absolute Gasteiger partial charge is 0.327 e. The summed E-state index contributed by atoms with van der Waals surface area (Å²) < 4.78 is 12.4. The van der Waals surface area contributed by atoms with Crippen LogP contribution < -0.4 is 0 Å². The Morgan fingerprint density at radius 3 is 3.16 bits per heavy atom. The Balaban J connectivity index is 1.71. The number of fused-ring (bicyclic) bond motifs is 1. The van der Waals surface area contributed by atoms with Gasteiger partial charge in [0.2, 0.25) is 0 Å². The third kappa shape index (κ3) is 2.72. The monoisotopic (exact) mass is 284 g/mol. The lowest BCUT2D eigenvalue weighted by Crippen LogP contribution is -2.15. The Bertz CT molecular complexity index is 563. The van der Waals surface area contributed by atoms with Gasteiger partial charge in [0.25, 0.3) is 0 Å². The maximum atomic E-state index is 8.71. The summed E-state index contributed by atoms with van der Waals surface area (Å²) in [6, 6.07) is 0. The van der Waals surface area contributed by atoms with Crippen molar-refractivity contribution in [2.75, 3.05) is 6.61 Å². The minimum absolute atomic E-state index is 0.145. The highest BCUT2D eigenvalue weighted by molar-refractivity contribution is 7.39. The average molecular weight is 284 g/mol. The minimum Gasteiger partial charge on any atom is -0.352 e. The van der Waals surface area contributed by atoms with Crippen molar-refractivity contribution < 1.29 is 19.0 Å². The van der Waals surface area contributed by atoms with Crippen molar-refractivity contribution in [1.29, 1.82) is 0 Å². The van der Waals surface area contributed by atoms with Gasteiger partial charge in [-0.05, 0) is 12.8 Å². The molecule has 0 amide bonds. The molecule has 1 fully saturated rings. The lowest BCUT2D eigenvalue weighted by Gasteiger charge is -2.15. The lowest BCUT2D eigenvalue weighted by atomic mass is 10.2. The second-order valence-electron chi connectivity index (χ2n) is 4.22. The lowest BCUT2D eigenvalue weighted by molar-refractivity contribution is -0.0176. The first-order chi connectivity index (χ1) is 9.24. The molecule has 9 heteroatoms. The van der Waals surface area contributed by atoms with E-state index in [0.717, 1.165) is 24.0 Å². The summed E-state index contributed by atoms with van der Waals surface area (Å²) in [5, 5.41) is 0. The molecule has 0 bridgehead atoms. The van der Waals surface area contributed by atoms with Crippen molar-refractivity contribution in [2.45, 2.75) is 25.2 Å². The Kier molecular flexibility index (Phi) is 3.67. The molecule has 0 aliphatic carbocycles. The van der Waals surface area contributed by atoms with Gasteiger partial charge in [-0.25, -0.2) is 15.0 Å². The van der Waals surface area contributed by atoms with Gasteiger partial charge in [0.05, 0.1) is 25.2 Å². The molecule has 1 aliphatic heterocycles. The number of hydrogen-bond donors (Lipinski definition) is 2. The van der Waals surface area contributed by atoms with Crippen LogP contribution in [-0.4, -0.2) is 42.0 Å². The van der Waals surface area contributed by atoms with Gasteiger partial charge in [0.1, 0.15) is 18.1 Å². The molecule has 19 heavy (non-hydrogen) atoms. The largest absolute Gasteiger partial charge is 0.352 e. The summed E-state index contributed by atoms with van der Waals surface area (Å²) in [7, 11) is -2.32. The number of ether oxygens (including phenoxy) is 1. The van der Waals surface area contributed by atoms with Crippen LogP contribution in [-0.2, 0) is 9.26 Å². The van der Waals surface area contributed by atoms with Crippen LogP contribution in [0.4, 0.5) is 0 Å². The Labute approximate surface area is 110 Å². The summed E-state index contributed by atoms with van der Waals surface area (Å²) in [4.78, 5) is 29.7. The summed E-state index contributed by atoms with van der Waals surface area (Å²) in [5.74, 6) is 0. The van der Waals surface area contributed by atoms with Crippen LogP contribution in [0.15, 0.2) is 18.9 Å². The molecule has 0 radical (unpaired) electrons. The highest BCUT2D eigenvalue weighted by Gasteiger charge is 2.28. The van der Waals surface area contributed by atoms with E-state index in [-0.39, 0.29) is 18.9 Å². The van der Waals surface area contributed by atoms with Crippen molar-refractivity contribution in [1.82, 2.24) is 19.5 Å². The van der Waals surface area contributed by atoms with Gasteiger partial charge in [0.15, 0.2) is 5.65 Å². The van der Waals surface area contributed by atoms with Crippen LogP contribution in [0.2, 0.25) is 0 Å². The second-order valence-corrected chi connectivity index (χ2v) is 4.99. The Morgan fingerprint density at radius 2 is 2.32 bits per heavy atom. The Morgan fingerprint density at radius 1 is 1.42 bits per heavy atom. The molecule has 1 unspecified atom stereocenters. The van der Waals surface area contributed by atoms with E-state index in [0.29, 0.717) is 0 Å². The van der Waals surface area contributed by atoms with E-state index >= 15 is 0 Å². The summed E-state index contributed by atoms with van der Waals surface area (Å²) >= 11 is 0. The zero-order chi connectivity index (χ0) is 13.2. The van der Waals surface area contributed by atoms with Gasteiger partial charge in [-0.2, -0.15) is 0 Å². The molecule has 0 aromatic carbocycles. The molecule has 1 saturated heterocycles. The normalized spacial score (nSPS) is 23.5. The van der Waals surface area contributed by atoms with Crippen LogP contribution in [0.3, 0.4) is 0 Å². The van der Waals surface area contributed by atoms with Gasteiger partial charge in [-0.15, -0.1) is 0 Å². The molecular weight excluding hydrogens is 271 g/mol. The fourth-order valence-electron chi connectivity index (χ4n) is 2.16. The van der Waals surface area contributed by atoms with Crippen LogP contribution >= 0.6 is 8.60 Å². The average Bonchev–Trinajstić information content (AvgIpc) is 3.02. The maximum Gasteiger partial charge on any atom is 0.327 e. The molecule has 0 saturated carbocycles. The van der Waals surface area contributed by atoms with E-state index < -0.39 is 8.60 Å². The number of aromatic nitrogens is 4. The first kappa shape index (κ1) is 12.8. The van der Waals surface area contributed by atoms with Crippen molar-refractivity contribution in [3.63, 3.8) is 0 Å². The van der Waals surface area contributed by atoms with Gasteiger partial charge in [-0.3, -0.25) is 4.57 Å². The molecule has 102 valence electrons. The van der Waals surface area contributed by atoms with Crippen LogP contribution in [0.5, 0.6) is 0 Å². The topological polar surface area (TPSA) is 103 Å². The molecule has 3 heterocycles. The first-order valence-electron chi connectivity index (χ1n) is 5.83. The summed E-state index contributed by atoms with van der Waals surface area (Å²) in [5.41, 5.74) is 1.45. The van der Waals surface area contributed by atoms with E-state index in [4.69, 9.17) is 19.0 Å². The van der Waals surface area contributed by atoms with Gasteiger partial charge in [0, 0.05) is 0 Å². The van der Waals surface area contributed by atoms with Crippen LogP contribution in [0, 0.1) is 0 Å². The van der Waals surface area contributed by atoms with E-state index in [9.17, 15) is 0 Å². The molecule has 3 rings (SSSR count). The van der Waals surface area contributed by atoms with Crippen LogP contribution in [0.1, 0.15) is 19.1 Å². The van der Waals surface area contributed by atoms with E-state index in [2.05, 4.69) is 15.0 Å². The molecular formula is C10H13N4O4P. The predicted octanol–water partition coefficient (Wildman–Crippen LogP) is 0.732. The van der Waals surface area contributed by atoms with E-state index in [1.54, 1.807) is 12.5 Å². The van der Waals surface area contributed by atoms with Gasteiger partial charge < -0.3 is 19.0 Å². The van der Waals surface area contributed by atoms with Crippen molar-refractivity contribution in [3.05, 3.63) is 18.9 Å². The quantitative estimate of drug-likeness (QED) is 0.798. The molecule has 8 nitrogen and oxygen atoms in total. The second kappa shape index (κ2) is 5.44. The number of nitrogens with zero attached hydrogens (tertiary/aromatic N) is 4. The predicted molar refractivity (Wildman–Crippen MR) is 65.8 cm³/mol. The first-order valence-corrected chi connectivity index (χ1v) is 6.99. The Hall–Kier alpha value is -1.18. The number of rotatable bonds is 4. The minimum atomic E-state index is -2.32. The number of hydrogen-bond acceptors (Lipinski definition) is 7. The number of imidazole rings is 1. The van der Waals surface area contributed by atoms with E-state index in [1.807, 2.05) is 4.57 Å². The zero-order valence-electron chi connectivity index (χ0n) is 9.96. The molecule has 1 aliphatic rings. The summed E-state index contributed by atoms with van der Waals surface area (Å²) in [6.45, 7) is 0.177. The van der Waals surface area contributed by atoms with Crippen molar-refractivity contribution in [3.8, 4) is 0 Å². The fraction of sp³-hybridized carbons (Fsp3) is 0.500. The van der Waals surface area contributed by atoms with Gasteiger partial charge >= 0.3 is 8.60 Å². The van der Waals surface area contributed by atoms with Crippen molar-refractivity contribution >= 4 is 19.8 Å². The fourth-order valence-corrected chi connectivity index (χ4v) is 2.46. The van der Waals surface area contributed by atoms with Crippen LogP contribution in [0.25, 0.3) is 11.2 Å². The highest BCUT2D eigenvalue weighted by atomic mass is 31.2. The maximum absolute atomic E-state index is 8.71. The third-order valence-corrected chi connectivity index (χ3v) is 3.39. The molecule has 2 atom stereocenters. The van der Waals surface area contributed by atoms with Crippen molar-refractivity contribution in [2.24, 2.45) is 0 Å². The molecule has 2 aromatic rings. The third-order valence-electron chi connectivity index (χ3n) is 3.01. The standard InChI is InChI=1S/C10H13N4O4P/c15-19(16)17-4-7-1-2-9(18-7)14-6-13-8-3-11-5-12-10(8)14/h3,5-7,9,15-16H,1-2,4H2/t7?,9-/m1/s1. The van der Waals surface area contributed by atoms with Gasteiger partial charge in [-0.1, -0.05) is 0 Å². The highest BCUT2D eigenvalue weighted by Crippen LogP contribution is 2.33. The zero-order valence-corrected chi connectivity index (χ0v) is 10.8. The molecule has 0 spiro atoms. The SMILES string of the molecule is OP(O)OCC1CC[C@H](n2cnc3cncnc32)O1.